The predicted octanol–water partition coefficient (Wildman–Crippen LogP) is 2.27. The van der Waals surface area contributed by atoms with Gasteiger partial charge in [0.05, 0.1) is 23.6 Å². The second-order valence-corrected chi connectivity index (χ2v) is 11.6. The number of carbonyl (C=O) groups excluding carboxylic acids is 1. The third kappa shape index (κ3) is 6.16. The third-order valence-electron chi connectivity index (χ3n) is 3.67. The normalized spacial score (nSPS) is 12.3. The van der Waals surface area contributed by atoms with Crippen LogP contribution in [0.3, 0.4) is 0 Å². The summed E-state index contributed by atoms with van der Waals surface area (Å²) in [6, 6.07) is 4.30. The number of hydrogen-bond acceptors (Lipinski definition) is 11. The Balaban J connectivity index is 2.34. The highest BCUT2D eigenvalue weighted by molar-refractivity contribution is 7.91. The summed E-state index contributed by atoms with van der Waals surface area (Å²) in [5, 5.41) is 10.3. The average Bonchev–Trinajstić information content (AvgIpc) is 3.15. The number of aromatic nitrogens is 2. The quantitative estimate of drug-likeness (QED) is 0.310. The summed E-state index contributed by atoms with van der Waals surface area (Å²) in [7, 11) is -6.35. The Kier molecular flexibility index (Phi) is 7.83. The van der Waals surface area contributed by atoms with Gasteiger partial charge in [0, 0.05) is 11.5 Å². The van der Waals surface area contributed by atoms with Gasteiger partial charge in [-0.15, -0.1) is 0 Å². The molecule has 0 unspecified atom stereocenters. The van der Waals surface area contributed by atoms with Crippen molar-refractivity contribution in [3.8, 4) is 17.6 Å². The van der Waals surface area contributed by atoms with Crippen molar-refractivity contribution in [1.82, 2.24) is 9.36 Å². The molecule has 2 rings (SSSR count). The van der Waals surface area contributed by atoms with Crippen LogP contribution >= 0.6 is 23.1 Å². The Hall–Kier alpha value is -2.73. The molecule has 0 bridgehead atoms. The van der Waals surface area contributed by atoms with Crippen LogP contribution in [0, 0.1) is 11.3 Å². The minimum absolute atomic E-state index is 0.0421. The SMILES string of the molecule is COc1cc(C=C(C#N)C(=O)Nc2nc(S(=O)(=O)C(C)C)ns2)cc(Cl)c1OS(C)(=O)=O. The lowest BCUT2D eigenvalue weighted by Gasteiger charge is -2.11. The Bertz CT molecular complexity index is 1330. The summed E-state index contributed by atoms with van der Waals surface area (Å²) in [6.07, 6.45) is 2.00. The molecule has 0 atom stereocenters. The molecule has 0 aliphatic heterocycles. The first kappa shape index (κ1) is 25.5. The van der Waals surface area contributed by atoms with Crippen molar-refractivity contribution in [2.45, 2.75) is 24.3 Å². The summed E-state index contributed by atoms with van der Waals surface area (Å²) in [5.41, 5.74) is -0.136. The smallest absolute Gasteiger partial charge is 0.306 e. The van der Waals surface area contributed by atoms with Crippen LogP contribution in [0.1, 0.15) is 19.4 Å². The Morgan fingerprint density at radius 1 is 1.31 bits per heavy atom. The molecule has 0 aliphatic carbocycles. The largest absolute Gasteiger partial charge is 0.493 e. The van der Waals surface area contributed by atoms with Crippen LogP contribution in [-0.2, 0) is 24.7 Å². The van der Waals surface area contributed by atoms with Crippen molar-refractivity contribution in [1.29, 1.82) is 5.26 Å². The first-order valence-electron chi connectivity index (χ1n) is 8.56. The zero-order valence-corrected chi connectivity index (χ0v) is 20.3. The number of methoxy groups -OCH3 is 1. The molecule has 11 nitrogen and oxygen atoms in total. The molecule has 172 valence electrons. The van der Waals surface area contributed by atoms with Gasteiger partial charge >= 0.3 is 10.1 Å². The van der Waals surface area contributed by atoms with Crippen LogP contribution in [0.25, 0.3) is 6.08 Å². The molecule has 0 spiro atoms. The summed E-state index contributed by atoms with van der Waals surface area (Å²) in [5.74, 6) is -1.16. The number of ether oxygens (including phenoxy) is 1. The zero-order valence-electron chi connectivity index (χ0n) is 17.1. The second-order valence-electron chi connectivity index (χ2n) is 6.42. The van der Waals surface area contributed by atoms with E-state index in [0.717, 1.165) is 6.26 Å². The maximum Gasteiger partial charge on any atom is 0.306 e. The number of nitrogens with zero attached hydrogens (tertiary/aromatic N) is 3. The zero-order chi connectivity index (χ0) is 24.3. The molecule has 0 saturated heterocycles. The van der Waals surface area contributed by atoms with E-state index < -0.39 is 36.3 Å². The Labute approximate surface area is 193 Å². The van der Waals surface area contributed by atoms with Crippen LogP contribution in [0.15, 0.2) is 22.9 Å². The second kappa shape index (κ2) is 9.82. The number of carbonyl (C=O) groups is 1. The van der Waals surface area contributed by atoms with Crippen molar-refractivity contribution < 1.29 is 30.6 Å². The fraction of sp³-hybridized carbons (Fsp3) is 0.294. The number of nitriles is 1. The highest BCUT2D eigenvalue weighted by Gasteiger charge is 2.25. The fourth-order valence-electron chi connectivity index (χ4n) is 2.12. The lowest BCUT2D eigenvalue weighted by atomic mass is 10.1. The van der Waals surface area contributed by atoms with Crippen molar-refractivity contribution in [2.75, 3.05) is 18.7 Å². The molecule has 15 heteroatoms. The lowest BCUT2D eigenvalue weighted by Crippen LogP contribution is -2.16. The van der Waals surface area contributed by atoms with Gasteiger partial charge in [-0.1, -0.05) is 11.6 Å². The van der Waals surface area contributed by atoms with Crippen molar-refractivity contribution in [2.24, 2.45) is 0 Å². The Morgan fingerprint density at radius 3 is 2.50 bits per heavy atom. The van der Waals surface area contributed by atoms with Crippen LogP contribution in [0.5, 0.6) is 11.5 Å². The molecule has 32 heavy (non-hydrogen) atoms. The molecule has 1 aromatic heterocycles. The summed E-state index contributed by atoms with van der Waals surface area (Å²) in [6.45, 7) is 2.94. The van der Waals surface area contributed by atoms with Gasteiger partial charge in [0.25, 0.3) is 11.1 Å². The molecule has 1 aromatic carbocycles. The summed E-state index contributed by atoms with van der Waals surface area (Å²) >= 11 is 6.72. The standard InChI is InChI=1S/C17H17ClN4O7S3/c1-9(2)32(26,27)17-21-16(30-22-17)20-15(23)11(8-19)5-10-6-12(18)14(13(7-10)28-3)29-31(4,24)25/h5-7,9H,1-4H3,(H,20,21,22,23). The van der Waals surface area contributed by atoms with Crippen molar-refractivity contribution in [3.63, 3.8) is 0 Å². The molecule has 0 fully saturated rings. The molecule has 1 N–H and O–H groups in total. The maximum absolute atomic E-state index is 12.5. The molecule has 0 aliphatic rings. The van der Waals surface area contributed by atoms with Gasteiger partial charge in [-0.05, 0) is 37.6 Å². The van der Waals surface area contributed by atoms with E-state index in [0.29, 0.717) is 11.5 Å². The van der Waals surface area contributed by atoms with E-state index in [-0.39, 0.29) is 32.8 Å². The van der Waals surface area contributed by atoms with Crippen molar-refractivity contribution in [3.05, 3.63) is 28.3 Å². The number of sulfone groups is 1. The van der Waals surface area contributed by atoms with E-state index in [1.165, 1.54) is 39.2 Å². The molecule has 0 saturated carbocycles. The summed E-state index contributed by atoms with van der Waals surface area (Å²) in [4.78, 5) is 16.2. The van der Waals surface area contributed by atoms with E-state index in [4.69, 9.17) is 20.5 Å². The van der Waals surface area contributed by atoms with Gasteiger partial charge in [-0.25, -0.2) is 8.42 Å². The van der Waals surface area contributed by atoms with E-state index in [9.17, 15) is 26.9 Å². The highest BCUT2D eigenvalue weighted by atomic mass is 35.5. The molecule has 1 heterocycles. The first-order chi connectivity index (χ1) is 14.8. The molecular weight excluding hydrogens is 504 g/mol. The topological polar surface area (TPSA) is 165 Å². The van der Waals surface area contributed by atoms with Crippen LogP contribution in [0.2, 0.25) is 5.02 Å². The van der Waals surface area contributed by atoms with Gasteiger partial charge in [0.2, 0.25) is 20.7 Å². The minimum Gasteiger partial charge on any atom is -0.493 e. The minimum atomic E-state index is -3.89. The maximum atomic E-state index is 12.5. The monoisotopic (exact) mass is 520 g/mol. The van der Waals surface area contributed by atoms with Gasteiger partial charge in [0.1, 0.15) is 11.6 Å². The third-order valence-corrected chi connectivity index (χ3v) is 7.09. The van der Waals surface area contributed by atoms with Gasteiger partial charge in [-0.2, -0.15) is 23.0 Å². The number of hydrogen-bond donors (Lipinski definition) is 1. The molecule has 2 aromatic rings. The number of nitrogens with one attached hydrogen (secondary N) is 1. The first-order valence-corrected chi connectivity index (χ1v) is 13.1. The fourth-order valence-corrected chi connectivity index (χ4v) is 4.60. The van der Waals surface area contributed by atoms with Gasteiger partial charge in [-0.3, -0.25) is 10.1 Å². The number of amides is 1. The van der Waals surface area contributed by atoms with Crippen LogP contribution in [0.4, 0.5) is 5.13 Å². The molecule has 1 amide bonds. The lowest BCUT2D eigenvalue weighted by molar-refractivity contribution is -0.112. The van der Waals surface area contributed by atoms with E-state index in [2.05, 4.69) is 14.7 Å². The van der Waals surface area contributed by atoms with Crippen LogP contribution in [-0.4, -0.2) is 50.7 Å². The van der Waals surface area contributed by atoms with E-state index in [1.807, 2.05) is 0 Å². The van der Waals surface area contributed by atoms with Gasteiger partial charge < -0.3 is 8.92 Å². The summed E-state index contributed by atoms with van der Waals surface area (Å²) < 4.78 is 60.6. The number of halogens is 1. The Morgan fingerprint density at radius 2 is 1.97 bits per heavy atom. The number of anilines is 1. The number of rotatable bonds is 8. The van der Waals surface area contributed by atoms with E-state index >= 15 is 0 Å². The highest BCUT2D eigenvalue weighted by Crippen LogP contribution is 2.37. The molecular formula is C17H17ClN4O7S3. The van der Waals surface area contributed by atoms with E-state index in [1.54, 1.807) is 6.07 Å². The van der Waals surface area contributed by atoms with Crippen molar-refractivity contribution >= 4 is 60.2 Å². The average molecular weight is 521 g/mol. The molecule has 0 radical (unpaired) electrons. The van der Waals surface area contributed by atoms with Crippen LogP contribution < -0.4 is 14.2 Å². The van der Waals surface area contributed by atoms with Gasteiger partial charge in [0.15, 0.2) is 5.75 Å². The number of benzene rings is 1. The predicted molar refractivity (Wildman–Crippen MR) is 118 cm³/mol.